The molecule has 1 aromatic carbocycles. The van der Waals surface area contributed by atoms with Gasteiger partial charge in [0.25, 0.3) is 0 Å². The Morgan fingerprint density at radius 1 is 1.35 bits per heavy atom. The van der Waals surface area contributed by atoms with Gasteiger partial charge in [-0.05, 0) is 32.8 Å². The third-order valence-electron chi connectivity index (χ3n) is 3.18. The van der Waals surface area contributed by atoms with Crippen LogP contribution in [0.4, 0.5) is 4.79 Å². The van der Waals surface area contributed by atoms with Crippen LogP contribution in [-0.4, -0.2) is 38.9 Å². The van der Waals surface area contributed by atoms with Gasteiger partial charge in [-0.15, -0.1) is 6.58 Å². The lowest BCUT2D eigenvalue weighted by molar-refractivity contribution is 0.0245. The molecule has 0 aliphatic carbocycles. The van der Waals surface area contributed by atoms with Gasteiger partial charge in [0, 0.05) is 5.54 Å². The fourth-order valence-corrected chi connectivity index (χ4v) is 2.30. The molecule has 1 aromatic rings. The lowest BCUT2D eigenvalue weighted by Crippen LogP contribution is -2.55. The van der Waals surface area contributed by atoms with E-state index in [4.69, 9.17) is 0 Å². The molecule has 20 heavy (non-hydrogen) atoms. The predicted octanol–water partition coefficient (Wildman–Crippen LogP) is 2.92. The van der Waals surface area contributed by atoms with Crippen LogP contribution in [0.2, 0.25) is 0 Å². The van der Waals surface area contributed by atoms with Gasteiger partial charge in [-0.1, -0.05) is 36.4 Å². The number of amides is 1. The maximum absolute atomic E-state index is 11.6. The molecule has 1 rings (SSSR count). The average molecular weight is 277 g/mol. The summed E-state index contributed by atoms with van der Waals surface area (Å²) >= 11 is 0. The summed E-state index contributed by atoms with van der Waals surface area (Å²) in [6.45, 7) is 9.02. The van der Waals surface area contributed by atoms with Crippen LogP contribution >= 0.6 is 0 Å². The Hall–Kier alpha value is -1.81. The molecular formula is C16H23NO3. The van der Waals surface area contributed by atoms with Crippen molar-refractivity contribution >= 4 is 6.09 Å². The fourth-order valence-electron chi connectivity index (χ4n) is 2.30. The molecule has 0 aromatic heterocycles. The fraction of sp³-hybridized carbons (Fsp3) is 0.438. The second kappa shape index (κ2) is 6.57. The number of benzene rings is 1. The summed E-state index contributed by atoms with van der Waals surface area (Å²) in [5.41, 5.74) is 0.379. The first-order chi connectivity index (χ1) is 9.27. The molecule has 0 radical (unpaired) electrons. The second-order valence-electron chi connectivity index (χ2n) is 5.81. The largest absolute Gasteiger partial charge is 0.465 e. The Kier molecular flexibility index (Phi) is 5.34. The molecule has 0 fully saturated rings. The van der Waals surface area contributed by atoms with E-state index in [0.29, 0.717) is 6.42 Å². The molecule has 0 spiro atoms. The van der Waals surface area contributed by atoms with Crippen LogP contribution in [0, 0.1) is 0 Å². The summed E-state index contributed by atoms with van der Waals surface area (Å²) in [5, 5.41) is 19.6. The van der Waals surface area contributed by atoms with E-state index >= 15 is 0 Å². The molecule has 2 N–H and O–H groups in total. The number of carbonyl (C=O) groups is 1. The molecular weight excluding hydrogens is 254 g/mol. The number of hydrogen-bond donors (Lipinski definition) is 2. The molecule has 4 nitrogen and oxygen atoms in total. The van der Waals surface area contributed by atoms with E-state index in [1.165, 1.54) is 11.0 Å². The Morgan fingerprint density at radius 2 is 1.90 bits per heavy atom. The van der Waals surface area contributed by atoms with E-state index in [1.54, 1.807) is 0 Å². The van der Waals surface area contributed by atoms with Crippen LogP contribution in [0.3, 0.4) is 0 Å². The van der Waals surface area contributed by atoms with Crippen molar-refractivity contribution in [3.05, 3.63) is 48.6 Å². The van der Waals surface area contributed by atoms with Crippen LogP contribution in [0.1, 0.15) is 26.3 Å². The summed E-state index contributed by atoms with van der Waals surface area (Å²) in [7, 11) is 0. The van der Waals surface area contributed by atoms with Gasteiger partial charge >= 0.3 is 6.09 Å². The zero-order valence-electron chi connectivity index (χ0n) is 12.3. The second-order valence-corrected chi connectivity index (χ2v) is 5.81. The minimum Gasteiger partial charge on any atom is -0.465 e. The SMILES string of the molecule is C=C[C@@H](O)C(Cc1ccccc1)N(C(=O)O)C(C)(C)C. The van der Waals surface area contributed by atoms with Crippen molar-refractivity contribution in [3.63, 3.8) is 0 Å². The monoisotopic (exact) mass is 277 g/mol. The van der Waals surface area contributed by atoms with Gasteiger partial charge in [0.1, 0.15) is 0 Å². The molecule has 110 valence electrons. The molecule has 0 aliphatic heterocycles. The van der Waals surface area contributed by atoms with Gasteiger partial charge in [0.05, 0.1) is 12.1 Å². The quantitative estimate of drug-likeness (QED) is 0.813. The number of aliphatic hydroxyl groups excluding tert-OH is 1. The first kappa shape index (κ1) is 16.2. The summed E-state index contributed by atoms with van der Waals surface area (Å²) in [4.78, 5) is 12.9. The smallest absolute Gasteiger partial charge is 0.408 e. The molecule has 0 heterocycles. The highest BCUT2D eigenvalue weighted by Gasteiger charge is 2.36. The van der Waals surface area contributed by atoms with Gasteiger partial charge in [0.2, 0.25) is 0 Å². The molecule has 0 aliphatic rings. The molecule has 4 heteroatoms. The number of rotatable bonds is 5. The van der Waals surface area contributed by atoms with Crippen LogP contribution in [0.5, 0.6) is 0 Å². The van der Waals surface area contributed by atoms with Crippen LogP contribution < -0.4 is 0 Å². The van der Waals surface area contributed by atoms with Gasteiger partial charge < -0.3 is 10.2 Å². The molecule has 1 amide bonds. The third kappa shape index (κ3) is 4.10. The number of carboxylic acid groups (broad SMARTS) is 1. The van der Waals surface area contributed by atoms with Crippen molar-refractivity contribution in [2.45, 2.75) is 44.9 Å². The first-order valence-electron chi connectivity index (χ1n) is 6.64. The molecule has 2 atom stereocenters. The maximum Gasteiger partial charge on any atom is 0.408 e. The highest BCUT2D eigenvalue weighted by atomic mass is 16.4. The minimum absolute atomic E-state index is 0.442. The van der Waals surface area contributed by atoms with Gasteiger partial charge in [-0.2, -0.15) is 0 Å². The highest BCUT2D eigenvalue weighted by Crippen LogP contribution is 2.23. The Bertz CT molecular complexity index is 451. The molecule has 1 unspecified atom stereocenters. The maximum atomic E-state index is 11.6. The van der Waals surface area contributed by atoms with Crippen molar-refractivity contribution in [2.75, 3.05) is 0 Å². The van der Waals surface area contributed by atoms with E-state index in [-0.39, 0.29) is 0 Å². The topological polar surface area (TPSA) is 60.8 Å². The first-order valence-corrected chi connectivity index (χ1v) is 6.64. The van der Waals surface area contributed by atoms with E-state index in [0.717, 1.165) is 5.56 Å². The van der Waals surface area contributed by atoms with Crippen molar-refractivity contribution in [2.24, 2.45) is 0 Å². The van der Waals surface area contributed by atoms with Gasteiger partial charge in [-0.3, -0.25) is 4.90 Å². The molecule has 0 saturated carbocycles. The lowest BCUT2D eigenvalue weighted by Gasteiger charge is -2.41. The van der Waals surface area contributed by atoms with Crippen molar-refractivity contribution in [3.8, 4) is 0 Å². The zero-order valence-corrected chi connectivity index (χ0v) is 12.3. The van der Waals surface area contributed by atoms with Gasteiger partial charge in [-0.25, -0.2) is 4.79 Å². The highest BCUT2D eigenvalue weighted by molar-refractivity contribution is 5.66. The van der Waals surface area contributed by atoms with E-state index in [1.807, 2.05) is 51.1 Å². The summed E-state index contributed by atoms with van der Waals surface area (Å²) in [5.74, 6) is 0. The zero-order chi connectivity index (χ0) is 15.3. The van der Waals surface area contributed by atoms with Crippen LogP contribution in [0.15, 0.2) is 43.0 Å². The van der Waals surface area contributed by atoms with Crippen LogP contribution in [0.25, 0.3) is 0 Å². The summed E-state index contributed by atoms with van der Waals surface area (Å²) < 4.78 is 0. The standard InChI is InChI=1S/C16H23NO3/c1-5-14(18)13(11-12-9-7-6-8-10-12)17(15(19)20)16(2,3)4/h5-10,13-14,18H,1,11H2,2-4H3,(H,19,20)/t13?,14-/m1/s1. The number of hydrogen-bond acceptors (Lipinski definition) is 2. The Labute approximate surface area is 120 Å². The van der Waals surface area contributed by atoms with E-state index in [2.05, 4.69) is 6.58 Å². The Morgan fingerprint density at radius 3 is 2.30 bits per heavy atom. The van der Waals surface area contributed by atoms with Crippen LogP contribution in [-0.2, 0) is 6.42 Å². The van der Waals surface area contributed by atoms with E-state index < -0.39 is 23.8 Å². The molecule has 0 saturated heterocycles. The van der Waals surface area contributed by atoms with Gasteiger partial charge in [0.15, 0.2) is 0 Å². The number of nitrogens with zero attached hydrogens (tertiary/aromatic N) is 1. The Balaban J connectivity index is 3.10. The third-order valence-corrected chi connectivity index (χ3v) is 3.18. The van der Waals surface area contributed by atoms with Crippen molar-refractivity contribution < 1.29 is 15.0 Å². The molecule has 0 bridgehead atoms. The average Bonchev–Trinajstić information content (AvgIpc) is 2.36. The van der Waals surface area contributed by atoms with Crippen molar-refractivity contribution in [1.82, 2.24) is 4.90 Å². The predicted molar refractivity (Wildman–Crippen MR) is 79.8 cm³/mol. The lowest BCUT2D eigenvalue weighted by atomic mass is 9.95. The van der Waals surface area contributed by atoms with Crippen molar-refractivity contribution in [1.29, 1.82) is 0 Å². The summed E-state index contributed by atoms with van der Waals surface area (Å²) in [6.07, 6.45) is -0.128. The number of aliphatic hydroxyl groups is 1. The summed E-state index contributed by atoms with van der Waals surface area (Å²) in [6, 6.07) is 8.98. The van der Waals surface area contributed by atoms with E-state index in [9.17, 15) is 15.0 Å². The normalized spacial score (nSPS) is 14.4. The minimum atomic E-state index is -1.04.